The van der Waals surface area contributed by atoms with Crippen molar-refractivity contribution in [2.75, 3.05) is 6.54 Å². The van der Waals surface area contributed by atoms with Gasteiger partial charge < -0.3 is 15.2 Å². The average molecular weight is 292 g/mol. The average Bonchev–Trinajstić information content (AvgIpc) is 2.98. The van der Waals surface area contributed by atoms with Crippen molar-refractivity contribution in [3.63, 3.8) is 0 Å². The first-order valence-corrected chi connectivity index (χ1v) is 7.20. The third-order valence-electron chi connectivity index (χ3n) is 3.58. The monoisotopic (exact) mass is 292 g/mol. The first kappa shape index (κ1) is 15.3. The van der Waals surface area contributed by atoms with E-state index in [1.807, 2.05) is 0 Å². The number of nitrogens with zero attached hydrogens (tertiary/aromatic N) is 1. The van der Waals surface area contributed by atoms with Crippen LogP contribution in [0.15, 0.2) is 18.3 Å². The maximum atomic E-state index is 11.8. The first-order valence-electron chi connectivity index (χ1n) is 7.20. The number of amides is 1. The summed E-state index contributed by atoms with van der Waals surface area (Å²) in [6, 6.07) is 3.31. The van der Waals surface area contributed by atoms with Crippen LogP contribution in [0.4, 0.5) is 0 Å². The highest BCUT2D eigenvalue weighted by Crippen LogP contribution is 2.22. The fourth-order valence-corrected chi connectivity index (χ4v) is 2.20. The van der Waals surface area contributed by atoms with Crippen LogP contribution in [0, 0.1) is 5.92 Å². The lowest BCUT2D eigenvalue weighted by atomic mass is 10.2. The van der Waals surface area contributed by atoms with Gasteiger partial charge in [0.1, 0.15) is 6.10 Å². The van der Waals surface area contributed by atoms with Crippen LogP contribution < -0.4 is 10.1 Å². The van der Waals surface area contributed by atoms with Gasteiger partial charge in [0.25, 0.3) is 5.91 Å². The van der Waals surface area contributed by atoms with E-state index >= 15 is 0 Å². The van der Waals surface area contributed by atoms with E-state index in [1.165, 1.54) is 19.0 Å². The molecule has 1 heterocycles. The van der Waals surface area contributed by atoms with Gasteiger partial charge in [0.15, 0.2) is 0 Å². The highest BCUT2D eigenvalue weighted by atomic mass is 16.5. The van der Waals surface area contributed by atoms with Crippen molar-refractivity contribution >= 4 is 11.9 Å². The van der Waals surface area contributed by atoms with Gasteiger partial charge in [-0.05, 0) is 31.7 Å². The third kappa shape index (κ3) is 4.44. The zero-order valence-corrected chi connectivity index (χ0v) is 12.0. The van der Waals surface area contributed by atoms with Crippen molar-refractivity contribution in [1.82, 2.24) is 10.3 Å². The first-order chi connectivity index (χ1) is 10.1. The molecule has 114 valence electrons. The number of carbonyl (C=O) groups excluding carboxylic acids is 1. The quantitative estimate of drug-likeness (QED) is 0.835. The SMILES string of the molecule is CC(CNC(=O)c1ccc(OC2CCCC2)nc1)C(=O)O. The lowest BCUT2D eigenvalue weighted by Crippen LogP contribution is -2.31. The molecule has 1 aliphatic rings. The van der Waals surface area contributed by atoms with Crippen LogP contribution in [0.25, 0.3) is 0 Å². The summed E-state index contributed by atoms with van der Waals surface area (Å²) in [6.07, 6.45) is 6.16. The number of carboxylic acid groups (broad SMARTS) is 1. The number of nitrogens with one attached hydrogen (secondary N) is 1. The molecule has 1 aliphatic carbocycles. The molecule has 1 atom stereocenters. The van der Waals surface area contributed by atoms with Gasteiger partial charge in [-0.15, -0.1) is 0 Å². The van der Waals surface area contributed by atoms with E-state index < -0.39 is 11.9 Å². The third-order valence-corrected chi connectivity index (χ3v) is 3.58. The largest absolute Gasteiger partial charge is 0.481 e. The molecule has 2 N–H and O–H groups in total. The van der Waals surface area contributed by atoms with Crippen molar-refractivity contribution in [1.29, 1.82) is 0 Å². The Labute approximate surface area is 123 Å². The number of hydrogen-bond donors (Lipinski definition) is 2. The highest BCUT2D eigenvalue weighted by Gasteiger charge is 2.17. The summed E-state index contributed by atoms with van der Waals surface area (Å²) < 4.78 is 5.72. The Morgan fingerprint density at radius 1 is 1.43 bits per heavy atom. The van der Waals surface area contributed by atoms with E-state index in [2.05, 4.69) is 10.3 Å². The molecule has 1 saturated carbocycles. The predicted molar refractivity (Wildman–Crippen MR) is 76.3 cm³/mol. The highest BCUT2D eigenvalue weighted by molar-refractivity contribution is 5.94. The molecule has 1 aromatic heterocycles. The number of hydrogen-bond acceptors (Lipinski definition) is 4. The minimum atomic E-state index is -0.936. The van der Waals surface area contributed by atoms with Crippen molar-refractivity contribution in [2.45, 2.75) is 38.7 Å². The number of aromatic nitrogens is 1. The van der Waals surface area contributed by atoms with E-state index in [1.54, 1.807) is 19.1 Å². The summed E-state index contributed by atoms with van der Waals surface area (Å²) >= 11 is 0. The molecule has 6 heteroatoms. The van der Waals surface area contributed by atoms with Gasteiger partial charge in [0.2, 0.25) is 5.88 Å². The molecule has 1 fully saturated rings. The fourth-order valence-electron chi connectivity index (χ4n) is 2.20. The Morgan fingerprint density at radius 3 is 2.71 bits per heavy atom. The maximum Gasteiger partial charge on any atom is 0.308 e. The van der Waals surface area contributed by atoms with Gasteiger partial charge in [-0.1, -0.05) is 6.92 Å². The van der Waals surface area contributed by atoms with E-state index in [0.29, 0.717) is 11.4 Å². The number of carbonyl (C=O) groups is 2. The number of rotatable bonds is 6. The number of aliphatic carboxylic acids is 1. The Hall–Kier alpha value is -2.11. The van der Waals surface area contributed by atoms with E-state index in [-0.39, 0.29) is 18.6 Å². The van der Waals surface area contributed by atoms with Crippen LogP contribution in [0.2, 0.25) is 0 Å². The summed E-state index contributed by atoms with van der Waals surface area (Å²) in [5, 5.41) is 11.3. The summed E-state index contributed by atoms with van der Waals surface area (Å²) in [5.74, 6) is -1.36. The van der Waals surface area contributed by atoms with Crippen LogP contribution in [-0.4, -0.2) is 34.6 Å². The molecule has 0 radical (unpaired) electrons. The summed E-state index contributed by atoms with van der Waals surface area (Å²) in [7, 11) is 0. The Morgan fingerprint density at radius 2 is 2.14 bits per heavy atom. The summed E-state index contributed by atoms with van der Waals surface area (Å²) in [4.78, 5) is 26.6. The second-order valence-electron chi connectivity index (χ2n) is 5.36. The standard InChI is InChI=1S/C15H20N2O4/c1-10(15(19)20)8-17-14(18)11-6-7-13(16-9-11)21-12-4-2-3-5-12/h6-7,9-10,12H,2-5,8H2,1H3,(H,17,18)(H,19,20). The smallest absolute Gasteiger partial charge is 0.308 e. The van der Waals surface area contributed by atoms with Crippen LogP contribution in [-0.2, 0) is 4.79 Å². The molecule has 2 rings (SSSR count). The summed E-state index contributed by atoms with van der Waals surface area (Å²) in [5.41, 5.74) is 0.395. The second-order valence-corrected chi connectivity index (χ2v) is 5.36. The van der Waals surface area contributed by atoms with Gasteiger partial charge in [-0.3, -0.25) is 9.59 Å². The van der Waals surface area contributed by atoms with Gasteiger partial charge >= 0.3 is 5.97 Å². The molecule has 1 aromatic rings. The van der Waals surface area contributed by atoms with E-state index in [4.69, 9.17) is 9.84 Å². The number of carboxylic acids is 1. The molecule has 0 aliphatic heterocycles. The van der Waals surface area contributed by atoms with E-state index in [0.717, 1.165) is 12.8 Å². The molecule has 0 aromatic carbocycles. The Bertz CT molecular complexity index is 495. The maximum absolute atomic E-state index is 11.8. The van der Waals surface area contributed by atoms with Crippen molar-refractivity contribution in [3.05, 3.63) is 23.9 Å². The molecule has 1 amide bonds. The lowest BCUT2D eigenvalue weighted by Gasteiger charge is -2.12. The normalized spacial score (nSPS) is 16.4. The Balaban J connectivity index is 1.85. The zero-order valence-electron chi connectivity index (χ0n) is 12.0. The predicted octanol–water partition coefficient (Wildman–Crippen LogP) is 1.85. The fraction of sp³-hybridized carbons (Fsp3) is 0.533. The van der Waals surface area contributed by atoms with Gasteiger partial charge in [0.05, 0.1) is 11.5 Å². The van der Waals surface area contributed by atoms with Crippen molar-refractivity contribution < 1.29 is 19.4 Å². The lowest BCUT2D eigenvalue weighted by molar-refractivity contribution is -0.140. The van der Waals surface area contributed by atoms with Gasteiger partial charge in [-0.25, -0.2) is 4.98 Å². The van der Waals surface area contributed by atoms with Crippen LogP contribution in [0.1, 0.15) is 43.0 Å². The molecule has 21 heavy (non-hydrogen) atoms. The second kappa shape index (κ2) is 7.06. The zero-order chi connectivity index (χ0) is 15.2. The van der Waals surface area contributed by atoms with Gasteiger partial charge in [-0.2, -0.15) is 0 Å². The number of ether oxygens (including phenoxy) is 1. The molecule has 0 spiro atoms. The number of pyridine rings is 1. The van der Waals surface area contributed by atoms with E-state index in [9.17, 15) is 9.59 Å². The van der Waals surface area contributed by atoms with Crippen LogP contribution in [0.3, 0.4) is 0 Å². The topological polar surface area (TPSA) is 88.5 Å². The Kier molecular flexibility index (Phi) is 5.14. The molecule has 1 unspecified atom stereocenters. The molecule has 0 bridgehead atoms. The molecule has 6 nitrogen and oxygen atoms in total. The minimum Gasteiger partial charge on any atom is -0.481 e. The summed E-state index contributed by atoms with van der Waals surface area (Å²) in [6.45, 7) is 1.63. The van der Waals surface area contributed by atoms with Crippen molar-refractivity contribution in [2.24, 2.45) is 5.92 Å². The minimum absolute atomic E-state index is 0.0918. The van der Waals surface area contributed by atoms with Gasteiger partial charge in [0, 0.05) is 18.8 Å². The van der Waals surface area contributed by atoms with Crippen LogP contribution >= 0.6 is 0 Å². The molecule has 0 saturated heterocycles. The van der Waals surface area contributed by atoms with Crippen LogP contribution in [0.5, 0.6) is 5.88 Å². The molecular formula is C15H20N2O4. The molecular weight excluding hydrogens is 272 g/mol. The van der Waals surface area contributed by atoms with Crippen molar-refractivity contribution in [3.8, 4) is 5.88 Å².